The van der Waals surface area contributed by atoms with Crippen LogP contribution < -0.4 is 5.73 Å². The highest BCUT2D eigenvalue weighted by Crippen LogP contribution is 2.23. The van der Waals surface area contributed by atoms with Gasteiger partial charge in [0, 0.05) is 11.1 Å². The molecule has 1 aromatic rings. The number of halogens is 1. The number of hydrogen-bond acceptors (Lipinski definition) is 4. The van der Waals surface area contributed by atoms with Gasteiger partial charge in [0.25, 0.3) is 0 Å². The third-order valence-electron chi connectivity index (χ3n) is 1.90. The Kier molecular flexibility index (Phi) is 4.28. The van der Waals surface area contributed by atoms with Gasteiger partial charge in [-0.25, -0.2) is 4.18 Å². The van der Waals surface area contributed by atoms with E-state index in [1.165, 1.54) is 0 Å². The summed E-state index contributed by atoms with van der Waals surface area (Å²) in [5.74, 6) is 0. The Morgan fingerprint density at radius 2 is 1.88 bits per heavy atom. The minimum Gasteiger partial charge on any atom is -0.325 e. The highest BCUT2D eigenvalue weighted by molar-refractivity contribution is 7.80. The lowest BCUT2D eigenvalue weighted by Crippen LogP contribution is -2.28. The average Bonchev–Trinajstić information content (AvgIpc) is 2.14. The summed E-state index contributed by atoms with van der Waals surface area (Å²) in [7, 11) is -4.54. The lowest BCUT2D eigenvalue weighted by molar-refractivity contribution is 0.163. The van der Waals surface area contributed by atoms with Crippen molar-refractivity contribution in [2.45, 2.75) is 19.1 Å². The van der Waals surface area contributed by atoms with E-state index in [9.17, 15) is 8.42 Å². The number of benzene rings is 1. The molecule has 0 aliphatic heterocycles. The molecule has 7 heteroatoms. The van der Waals surface area contributed by atoms with E-state index in [1.807, 2.05) is 0 Å². The zero-order valence-corrected chi connectivity index (χ0v) is 10.1. The van der Waals surface area contributed by atoms with Crippen molar-refractivity contribution in [1.29, 1.82) is 0 Å². The van der Waals surface area contributed by atoms with E-state index in [4.69, 9.17) is 21.9 Å². The van der Waals surface area contributed by atoms with Crippen molar-refractivity contribution >= 4 is 22.0 Å². The van der Waals surface area contributed by atoms with E-state index in [-0.39, 0.29) is 0 Å². The quantitative estimate of drug-likeness (QED) is 0.806. The smallest absolute Gasteiger partial charge is 0.325 e. The third-order valence-corrected chi connectivity index (χ3v) is 2.60. The second-order valence-electron chi connectivity index (χ2n) is 3.36. The molecule has 2 unspecified atom stereocenters. The van der Waals surface area contributed by atoms with Gasteiger partial charge in [0.1, 0.15) is 6.10 Å². The maximum atomic E-state index is 10.6. The van der Waals surface area contributed by atoms with E-state index < -0.39 is 22.5 Å². The van der Waals surface area contributed by atoms with Crippen LogP contribution in [0.2, 0.25) is 5.02 Å². The summed E-state index contributed by atoms with van der Waals surface area (Å²) in [4.78, 5) is 0. The Morgan fingerprint density at radius 1 is 1.38 bits per heavy atom. The zero-order chi connectivity index (χ0) is 12.3. The molecule has 3 N–H and O–H groups in total. The van der Waals surface area contributed by atoms with Crippen LogP contribution in [0.25, 0.3) is 0 Å². The molecule has 16 heavy (non-hydrogen) atoms. The van der Waals surface area contributed by atoms with Crippen molar-refractivity contribution in [2.75, 3.05) is 0 Å². The fraction of sp³-hybridized carbons (Fsp3) is 0.333. The normalized spacial score (nSPS) is 15.8. The Bertz CT molecular complexity index is 443. The molecule has 0 saturated heterocycles. The summed E-state index contributed by atoms with van der Waals surface area (Å²) in [6.07, 6.45) is -0.938. The van der Waals surface area contributed by atoms with Gasteiger partial charge < -0.3 is 5.73 Å². The predicted octanol–water partition coefficient (Wildman–Crippen LogP) is 1.55. The second-order valence-corrected chi connectivity index (χ2v) is 4.84. The summed E-state index contributed by atoms with van der Waals surface area (Å²) in [5, 5.41) is 0.513. The highest BCUT2D eigenvalue weighted by atomic mass is 35.5. The van der Waals surface area contributed by atoms with Crippen LogP contribution in [-0.4, -0.2) is 19.0 Å². The van der Waals surface area contributed by atoms with Gasteiger partial charge in [-0.05, 0) is 24.6 Å². The van der Waals surface area contributed by atoms with Gasteiger partial charge in [-0.1, -0.05) is 23.7 Å². The molecule has 0 saturated carbocycles. The summed E-state index contributed by atoms with van der Waals surface area (Å²) in [5.41, 5.74) is 6.11. The van der Waals surface area contributed by atoms with Crippen molar-refractivity contribution in [2.24, 2.45) is 5.73 Å². The third kappa shape index (κ3) is 4.07. The molecule has 0 aliphatic rings. The van der Waals surface area contributed by atoms with Gasteiger partial charge in [0.05, 0.1) is 0 Å². The molecule has 90 valence electrons. The van der Waals surface area contributed by atoms with Crippen molar-refractivity contribution in [3.05, 3.63) is 34.9 Å². The molecule has 1 rings (SSSR count). The van der Waals surface area contributed by atoms with Crippen LogP contribution in [0.4, 0.5) is 0 Å². The van der Waals surface area contributed by atoms with Crippen LogP contribution in [0.3, 0.4) is 0 Å². The van der Waals surface area contributed by atoms with Crippen LogP contribution in [0.5, 0.6) is 0 Å². The van der Waals surface area contributed by atoms with E-state index >= 15 is 0 Å². The summed E-state index contributed by atoms with van der Waals surface area (Å²) in [6, 6.07) is 5.74. The molecule has 0 heterocycles. The Balaban J connectivity index is 2.99. The molecule has 1 aromatic carbocycles. The zero-order valence-electron chi connectivity index (χ0n) is 8.50. The van der Waals surface area contributed by atoms with Crippen LogP contribution >= 0.6 is 11.6 Å². The van der Waals surface area contributed by atoms with Gasteiger partial charge in [-0.15, -0.1) is 0 Å². The molecule has 0 bridgehead atoms. The van der Waals surface area contributed by atoms with Crippen molar-refractivity contribution in [3.63, 3.8) is 0 Å². The standard InChI is InChI=1S/C9H12ClNO4S/c1-6(11)9(15-16(12,13)14)7-2-4-8(10)5-3-7/h2-6,9H,11H2,1H3,(H,12,13,14). The first-order valence-electron chi connectivity index (χ1n) is 4.46. The molecule has 0 spiro atoms. The second kappa shape index (κ2) is 5.11. The molecule has 0 fully saturated rings. The number of hydrogen-bond donors (Lipinski definition) is 2. The Morgan fingerprint density at radius 3 is 2.25 bits per heavy atom. The molecule has 0 aliphatic carbocycles. The largest absolute Gasteiger partial charge is 0.398 e. The van der Waals surface area contributed by atoms with Gasteiger partial charge in [-0.3, -0.25) is 4.55 Å². The van der Waals surface area contributed by atoms with E-state index in [0.717, 1.165) is 0 Å². The summed E-state index contributed by atoms with van der Waals surface area (Å²) < 4.78 is 34.4. The molecule has 5 nitrogen and oxygen atoms in total. The van der Waals surface area contributed by atoms with Crippen LogP contribution in [0.1, 0.15) is 18.6 Å². The SMILES string of the molecule is CC(N)C(OS(=O)(=O)O)c1ccc(Cl)cc1. The van der Waals surface area contributed by atoms with Crippen LogP contribution in [0.15, 0.2) is 24.3 Å². The molecular formula is C9H12ClNO4S. The Labute approximate surface area is 99.1 Å². The Hall–Kier alpha value is -0.660. The maximum absolute atomic E-state index is 10.6. The minimum atomic E-state index is -4.54. The lowest BCUT2D eigenvalue weighted by Gasteiger charge is -2.19. The molecule has 2 atom stereocenters. The molecular weight excluding hydrogens is 254 g/mol. The topological polar surface area (TPSA) is 89.6 Å². The summed E-state index contributed by atoms with van der Waals surface area (Å²) in [6.45, 7) is 1.57. The van der Waals surface area contributed by atoms with Crippen molar-refractivity contribution < 1.29 is 17.2 Å². The van der Waals surface area contributed by atoms with Gasteiger partial charge in [0.15, 0.2) is 0 Å². The molecule has 0 aromatic heterocycles. The first kappa shape index (κ1) is 13.4. The summed E-state index contributed by atoms with van der Waals surface area (Å²) >= 11 is 5.69. The fourth-order valence-corrected chi connectivity index (χ4v) is 1.90. The lowest BCUT2D eigenvalue weighted by atomic mass is 10.0. The van der Waals surface area contributed by atoms with Crippen molar-refractivity contribution in [1.82, 2.24) is 0 Å². The van der Waals surface area contributed by atoms with Crippen molar-refractivity contribution in [3.8, 4) is 0 Å². The van der Waals surface area contributed by atoms with Gasteiger partial charge >= 0.3 is 10.4 Å². The molecule has 0 radical (unpaired) electrons. The van der Waals surface area contributed by atoms with E-state index in [1.54, 1.807) is 31.2 Å². The first-order chi connectivity index (χ1) is 7.29. The number of rotatable bonds is 4. The van der Waals surface area contributed by atoms with E-state index in [2.05, 4.69) is 4.18 Å². The van der Waals surface area contributed by atoms with E-state index in [0.29, 0.717) is 10.6 Å². The molecule has 0 amide bonds. The number of nitrogens with two attached hydrogens (primary N) is 1. The fourth-order valence-electron chi connectivity index (χ4n) is 1.23. The monoisotopic (exact) mass is 265 g/mol. The predicted molar refractivity (Wildman–Crippen MR) is 60.5 cm³/mol. The minimum absolute atomic E-state index is 0.513. The highest BCUT2D eigenvalue weighted by Gasteiger charge is 2.22. The van der Waals surface area contributed by atoms with Gasteiger partial charge in [-0.2, -0.15) is 8.42 Å². The average molecular weight is 266 g/mol. The van der Waals surface area contributed by atoms with Crippen LogP contribution in [-0.2, 0) is 14.6 Å². The van der Waals surface area contributed by atoms with Gasteiger partial charge in [0.2, 0.25) is 0 Å². The first-order valence-corrected chi connectivity index (χ1v) is 6.20. The maximum Gasteiger partial charge on any atom is 0.398 e. The van der Waals surface area contributed by atoms with Crippen LogP contribution in [0, 0.1) is 0 Å².